The van der Waals surface area contributed by atoms with Gasteiger partial charge >= 0.3 is 0 Å². The second kappa shape index (κ2) is 10.5. The maximum absolute atomic E-state index is 4.60. The number of fused-ring (bicyclic) bond motifs is 1. The van der Waals surface area contributed by atoms with Gasteiger partial charge in [0.05, 0.1) is 5.69 Å². The van der Waals surface area contributed by atoms with Crippen LogP contribution in [-0.4, -0.2) is 35.5 Å². The fraction of sp³-hybridized carbons (Fsp3) is 0.529. The van der Waals surface area contributed by atoms with E-state index in [0.717, 1.165) is 36.8 Å². The summed E-state index contributed by atoms with van der Waals surface area (Å²) in [6.07, 6.45) is 7.38. The van der Waals surface area contributed by atoms with Gasteiger partial charge in [-0.3, -0.25) is 4.99 Å². The van der Waals surface area contributed by atoms with Crippen molar-refractivity contribution >= 4 is 35.6 Å². The van der Waals surface area contributed by atoms with Gasteiger partial charge in [0.1, 0.15) is 5.65 Å². The van der Waals surface area contributed by atoms with Crippen molar-refractivity contribution in [3.63, 3.8) is 0 Å². The second-order valence-electron chi connectivity index (χ2n) is 5.51. The van der Waals surface area contributed by atoms with Crippen molar-refractivity contribution in [2.75, 3.05) is 20.1 Å². The smallest absolute Gasteiger partial charge is 0.190 e. The van der Waals surface area contributed by atoms with Gasteiger partial charge < -0.3 is 15.0 Å². The number of pyridine rings is 1. The van der Waals surface area contributed by atoms with Gasteiger partial charge in [-0.1, -0.05) is 32.8 Å². The average Bonchev–Trinajstić information content (AvgIpc) is 2.96. The molecule has 23 heavy (non-hydrogen) atoms. The number of imidazole rings is 1. The highest BCUT2D eigenvalue weighted by Crippen LogP contribution is 2.05. The molecule has 5 nitrogen and oxygen atoms in total. The molecule has 0 bridgehead atoms. The molecule has 2 aromatic heterocycles. The third kappa shape index (κ3) is 6.01. The van der Waals surface area contributed by atoms with Crippen LogP contribution in [0.1, 0.15) is 32.4 Å². The lowest BCUT2D eigenvalue weighted by atomic mass is 10.0. The number of hydrogen-bond acceptors (Lipinski definition) is 2. The van der Waals surface area contributed by atoms with E-state index in [1.807, 2.05) is 31.4 Å². The zero-order chi connectivity index (χ0) is 15.8. The minimum atomic E-state index is 0. The summed E-state index contributed by atoms with van der Waals surface area (Å²) in [7, 11) is 1.81. The third-order valence-electron chi connectivity index (χ3n) is 4.02. The Morgan fingerprint density at radius 2 is 2.04 bits per heavy atom. The molecule has 2 heterocycles. The molecule has 0 spiro atoms. The monoisotopic (exact) mass is 429 g/mol. The molecule has 128 valence electrons. The Hall–Kier alpha value is -1.31. The van der Waals surface area contributed by atoms with Gasteiger partial charge in [0, 0.05) is 39.0 Å². The summed E-state index contributed by atoms with van der Waals surface area (Å²) in [5.41, 5.74) is 2.09. The molecule has 2 rings (SSSR count). The first kappa shape index (κ1) is 19.7. The Morgan fingerprint density at radius 3 is 2.70 bits per heavy atom. The molecule has 2 aromatic rings. The number of guanidine groups is 1. The van der Waals surface area contributed by atoms with Crippen molar-refractivity contribution in [2.45, 2.75) is 33.1 Å². The van der Waals surface area contributed by atoms with E-state index in [9.17, 15) is 0 Å². The molecule has 0 saturated heterocycles. The van der Waals surface area contributed by atoms with E-state index < -0.39 is 0 Å². The maximum atomic E-state index is 4.60. The Bertz CT molecular complexity index is 571. The fourth-order valence-electron chi connectivity index (χ4n) is 2.46. The SMILES string of the molecule is CCC(CC)CNC(=NC)NCCc1cn2ccccc2n1.I. The van der Waals surface area contributed by atoms with E-state index in [1.54, 1.807) is 0 Å². The summed E-state index contributed by atoms with van der Waals surface area (Å²) < 4.78 is 2.05. The normalized spacial score (nSPS) is 11.6. The molecule has 0 aromatic carbocycles. The topological polar surface area (TPSA) is 53.7 Å². The van der Waals surface area contributed by atoms with Crippen molar-refractivity contribution in [3.8, 4) is 0 Å². The van der Waals surface area contributed by atoms with Crippen LogP contribution in [0.25, 0.3) is 5.65 Å². The van der Waals surface area contributed by atoms with E-state index in [-0.39, 0.29) is 24.0 Å². The minimum absolute atomic E-state index is 0. The number of hydrogen-bond donors (Lipinski definition) is 2. The number of nitrogens with one attached hydrogen (secondary N) is 2. The van der Waals surface area contributed by atoms with Gasteiger partial charge in [-0.15, -0.1) is 24.0 Å². The Labute approximate surface area is 156 Å². The van der Waals surface area contributed by atoms with E-state index in [1.165, 1.54) is 12.8 Å². The van der Waals surface area contributed by atoms with E-state index >= 15 is 0 Å². The lowest BCUT2D eigenvalue weighted by molar-refractivity contribution is 0.481. The molecule has 2 N–H and O–H groups in total. The van der Waals surface area contributed by atoms with Gasteiger partial charge in [-0.2, -0.15) is 0 Å². The van der Waals surface area contributed by atoms with Gasteiger partial charge in [0.15, 0.2) is 5.96 Å². The molecule has 0 saturated carbocycles. The number of halogens is 1. The summed E-state index contributed by atoms with van der Waals surface area (Å²) in [4.78, 5) is 8.87. The van der Waals surface area contributed by atoms with Crippen LogP contribution in [0.3, 0.4) is 0 Å². The molecule has 6 heteroatoms. The van der Waals surface area contributed by atoms with Crippen LogP contribution in [0.4, 0.5) is 0 Å². The lowest BCUT2D eigenvalue weighted by Crippen LogP contribution is -2.40. The maximum Gasteiger partial charge on any atom is 0.190 e. The van der Waals surface area contributed by atoms with Gasteiger partial charge in [0.2, 0.25) is 0 Å². The molecule has 0 amide bonds. The highest BCUT2D eigenvalue weighted by Gasteiger charge is 2.05. The van der Waals surface area contributed by atoms with Gasteiger partial charge in [-0.05, 0) is 18.1 Å². The minimum Gasteiger partial charge on any atom is -0.356 e. The quantitative estimate of drug-likeness (QED) is 0.404. The summed E-state index contributed by atoms with van der Waals surface area (Å²) in [6, 6.07) is 6.04. The first-order valence-electron chi connectivity index (χ1n) is 8.14. The predicted molar refractivity (Wildman–Crippen MR) is 108 cm³/mol. The lowest BCUT2D eigenvalue weighted by Gasteiger charge is -2.16. The van der Waals surface area contributed by atoms with Gasteiger partial charge in [-0.25, -0.2) is 4.98 Å². The summed E-state index contributed by atoms with van der Waals surface area (Å²) in [6.45, 7) is 6.26. The molecule has 0 aliphatic rings. The molecule has 0 atom stereocenters. The van der Waals surface area contributed by atoms with Crippen molar-refractivity contribution in [1.29, 1.82) is 0 Å². The zero-order valence-electron chi connectivity index (χ0n) is 14.2. The highest BCUT2D eigenvalue weighted by atomic mass is 127. The fourth-order valence-corrected chi connectivity index (χ4v) is 2.46. The van der Waals surface area contributed by atoms with E-state index in [0.29, 0.717) is 5.92 Å². The second-order valence-corrected chi connectivity index (χ2v) is 5.51. The average molecular weight is 429 g/mol. The highest BCUT2D eigenvalue weighted by molar-refractivity contribution is 14.0. The first-order chi connectivity index (χ1) is 10.8. The summed E-state index contributed by atoms with van der Waals surface area (Å²) in [5.74, 6) is 1.58. The van der Waals surface area contributed by atoms with Crippen LogP contribution in [0.5, 0.6) is 0 Å². The van der Waals surface area contributed by atoms with Crippen LogP contribution in [-0.2, 0) is 6.42 Å². The molecular formula is C17H28IN5. The van der Waals surface area contributed by atoms with Crippen LogP contribution in [0.15, 0.2) is 35.6 Å². The summed E-state index contributed by atoms with van der Waals surface area (Å²) >= 11 is 0. The van der Waals surface area contributed by atoms with Crippen LogP contribution in [0.2, 0.25) is 0 Å². The summed E-state index contributed by atoms with van der Waals surface area (Å²) in [5, 5.41) is 6.75. The van der Waals surface area contributed by atoms with Crippen molar-refractivity contribution < 1.29 is 0 Å². The third-order valence-corrected chi connectivity index (χ3v) is 4.02. The first-order valence-corrected chi connectivity index (χ1v) is 8.14. The zero-order valence-corrected chi connectivity index (χ0v) is 16.6. The number of rotatable bonds is 7. The standard InChI is InChI=1S/C17H27N5.HI/c1-4-14(5-2)12-20-17(18-3)19-10-9-15-13-22-11-7-6-8-16(22)21-15;/h6-8,11,13-14H,4-5,9-10,12H2,1-3H3,(H2,18,19,20);1H. The van der Waals surface area contributed by atoms with E-state index in [2.05, 4.69) is 45.1 Å². The van der Waals surface area contributed by atoms with Gasteiger partial charge in [0.25, 0.3) is 0 Å². The number of aliphatic imine (C=N–C) groups is 1. The Kier molecular flexibility index (Phi) is 8.98. The molecule has 0 unspecified atom stereocenters. The molecule has 0 aliphatic carbocycles. The van der Waals surface area contributed by atoms with Crippen LogP contribution in [0, 0.1) is 5.92 Å². The van der Waals surface area contributed by atoms with Crippen molar-refractivity contribution in [3.05, 3.63) is 36.3 Å². The van der Waals surface area contributed by atoms with Crippen molar-refractivity contribution in [1.82, 2.24) is 20.0 Å². The van der Waals surface area contributed by atoms with Crippen LogP contribution < -0.4 is 10.6 Å². The molecule has 0 radical (unpaired) electrons. The molecule has 0 aliphatic heterocycles. The Balaban J connectivity index is 0.00000264. The Morgan fingerprint density at radius 1 is 1.26 bits per heavy atom. The number of aromatic nitrogens is 2. The van der Waals surface area contributed by atoms with Crippen LogP contribution >= 0.6 is 24.0 Å². The number of nitrogens with zero attached hydrogens (tertiary/aromatic N) is 3. The predicted octanol–water partition coefficient (Wildman–Crippen LogP) is 3.10. The largest absolute Gasteiger partial charge is 0.356 e. The van der Waals surface area contributed by atoms with Crippen molar-refractivity contribution in [2.24, 2.45) is 10.9 Å². The molecular weight excluding hydrogens is 401 g/mol. The molecule has 0 fully saturated rings. The van der Waals surface area contributed by atoms with E-state index in [4.69, 9.17) is 0 Å².